The van der Waals surface area contributed by atoms with E-state index in [-0.39, 0.29) is 17.9 Å². The minimum Gasteiger partial charge on any atom is -0.437 e. The van der Waals surface area contributed by atoms with Crippen LogP contribution in [0.4, 0.5) is 0 Å². The molecule has 0 amide bonds. The van der Waals surface area contributed by atoms with Crippen LogP contribution in [0, 0.1) is 0 Å². The number of ketones is 1. The van der Waals surface area contributed by atoms with Crippen LogP contribution in [0.5, 0.6) is 0 Å². The lowest BCUT2D eigenvalue weighted by molar-refractivity contribution is 0.103. The monoisotopic (exact) mass is 1210 g/mol. The number of pyridine rings is 3. The van der Waals surface area contributed by atoms with Crippen molar-refractivity contribution < 1.29 is 14.8 Å². The molecule has 2 N–H and O–H groups in total. The van der Waals surface area contributed by atoms with Gasteiger partial charge in [-0.05, 0) is 133 Å². The van der Waals surface area contributed by atoms with Crippen LogP contribution in [-0.2, 0) is 12.8 Å². The first kappa shape index (κ1) is 53.7. The minimum absolute atomic E-state index is 0.00647. The minimum atomic E-state index is -0.424. The van der Waals surface area contributed by atoms with E-state index >= 15 is 0 Å². The van der Waals surface area contributed by atoms with Crippen molar-refractivity contribution in [1.29, 1.82) is 0 Å². The molecule has 2 unspecified atom stereocenters. The number of rotatable bonds is 4. The number of nitrogens with zero attached hydrogens (tertiary/aromatic N) is 7. The predicted octanol–water partition coefficient (Wildman–Crippen LogP) is 12.5. The van der Waals surface area contributed by atoms with E-state index in [9.17, 15) is 14.8 Å². The number of benzene rings is 3. The number of hydrogen-bond acceptors (Lipinski definition) is 10. The van der Waals surface area contributed by atoms with Crippen molar-refractivity contribution in [3.05, 3.63) is 189 Å². The summed E-state index contributed by atoms with van der Waals surface area (Å²) in [5, 5.41) is 23.6. The van der Waals surface area contributed by atoms with Gasteiger partial charge in [-0.25, -0.2) is 0 Å². The maximum atomic E-state index is 12.4. The molecule has 3 aliphatic carbocycles. The van der Waals surface area contributed by atoms with Crippen LogP contribution < -0.4 is 0 Å². The molecule has 5 heterocycles. The lowest BCUT2D eigenvalue weighted by Gasteiger charge is -2.40. The Morgan fingerprint density at radius 2 is 0.972 bits per heavy atom. The zero-order chi connectivity index (χ0) is 51.0. The molecular formula is C52H47B2Br2Cl6N7O3. The normalized spacial score (nSPS) is 18.8. The molecule has 20 heteroatoms. The highest BCUT2D eigenvalue weighted by atomic mass is 79.9. The molecule has 3 aromatic carbocycles. The Morgan fingerprint density at radius 3 is 1.62 bits per heavy atom. The summed E-state index contributed by atoms with van der Waals surface area (Å²) >= 11 is 44.3. The van der Waals surface area contributed by atoms with Gasteiger partial charge in [-0.1, -0.05) is 114 Å². The number of carbonyl (C=O) groups excluding carboxylic acids is 1. The van der Waals surface area contributed by atoms with E-state index < -0.39 is 14.1 Å². The Hall–Kier alpha value is -3.15. The van der Waals surface area contributed by atoms with Gasteiger partial charge in [0.2, 0.25) is 5.78 Å². The van der Waals surface area contributed by atoms with E-state index in [4.69, 9.17) is 79.6 Å². The van der Waals surface area contributed by atoms with Gasteiger partial charge in [0.1, 0.15) is 5.69 Å². The van der Waals surface area contributed by atoms with Crippen molar-refractivity contribution in [3.63, 3.8) is 0 Å². The molecule has 0 saturated carbocycles. The Bertz CT molecular complexity index is 2900. The molecular weight excluding hydrogens is 1160 g/mol. The average molecular weight is 1210 g/mol. The van der Waals surface area contributed by atoms with Crippen molar-refractivity contribution >= 4 is 142 Å². The van der Waals surface area contributed by atoms with Gasteiger partial charge in [0, 0.05) is 112 Å². The summed E-state index contributed by atoms with van der Waals surface area (Å²) in [7, 11) is -0.847. The summed E-state index contributed by atoms with van der Waals surface area (Å²) in [6.45, 7) is 10.3. The molecule has 370 valence electrons. The van der Waals surface area contributed by atoms with E-state index in [1.807, 2.05) is 62.2 Å². The van der Waals surface area contributed by atoms with E-state index in [2.05, 4.69) is 80.6 Å². The summed E-state index contributed by atoms with van der Waals surface area (Å²) in [6, 6.07) is 23.1. The van der Waals surface area contributed by atoms with Crippen LogP contribution in [0.2, 0.25) is 43.8 Å². The number of fused-ring (bicyclic) bond motifs is 6. The maximum absolute atomic E-state index is 12.4. The Kier molecular flexibility index (Phi) is 17.4. The van der Waals surface area contributed by atoms with Crippen molar-refractivity contribution in [2.24, 2.45) is 0 Å². The number of carbonyl (C=O) groups is 1. The Labute approximate surface area is 467 Å². The van der Waals surface area contributed by atoms with Crippen LogP contribution in [0.1, 0.15) is 84.0 Å². The molecule has 0 radical (unpaired) electrons. The van der Waals surface area contributed by atoms with E-state index in [1.165, 1.54) is 17.3 Å². The molecule has 0 spiro atoms. The van der Waals surface area contributed by atoms with Crippen molar-refractivity contribution in [3.8, 4) is 0 Å². The van der Waals surface area contributed by atoms with Gasteiger partial charge < -0.3 is 19.7 Å². The second-order valence-corrected chi connectivity index (χ2v) is 22.5. The second kappa shape index (κ2) is 23.4. The molecule has 5 aliphatic rings. The molecule has 3 aromatic heterocycles. The first-order chi connectivity index (χ1) is 34.5. The maximum Gasteiger partial charge on any atom is 0.376 e. The largest absolute Gasteiger partial charge is 0.437 e. The van der Waals surface area contributed by atoms with Gasteiger partial charge in [-0.3, -0.25) is 29.5 Å². The highest BCUT2D eigenvalue weighted by Crippen LogP contribution is 2.44. The lowest BCUT2D eigenvalue weighted by Crippen LogP contribution is -2.52. The highest BCUT2D eigenvalue weighted by Gasteiger charge is 2.36. The number of piperazine rings is 2. The second-order valence-electron chi connectivity index (χ2n) is 18.2. The first-order valence-corrected chi connectivity index (χ1v) is 27.3. The Balaban J connectivity index is 0.000000136. The smallest absolute Gasteiger partial charge is 0.376 e. The third-order valence-corrected chi connectivity index (χ3v) is 16.3. The lowest BCUT2D eigenvalue weighted by atomic mass is 9.84. The summed E-state index contributed by atoms with van der Waals surface area (Å²) in [5.41, 5.74) is 11.5. The third-order valence-electron chi connectivity index (χ3n) is 13.7. The SMILES string of the molecule is CB(O)N1CCN(C2c3ccc(Cl)cc3C(Br)=Cc3cc(Cl)cnc32)CC1.CB(O)N1CCN(C2c3ccc(Cl)cc3C=C(Br)c3cc(Cl)cnc32)CC1.O=C1c2ccc(Cl)cc2CCc2cc(Cl)cnc21. The van der Waals surface area contributed by atoms with E-state index in [1.54, 1.807) is 24.5 Å². The number of hydrogen-bond donors (Lipinski definition) is 2. The molecule has 0 bridgehead atoms. The zero-order valence-corrected chi connectivity index (χ0v) is 46.9. The summed E-state index contributed by atoms with van der Waals surface area (Å²) in [6.07, 6.45) is 10.6. The number of aromatic nitrogens is 3. The molecule has 11 rings (SSSR count). The average Bonchev–Trinajstić information content (AvgIpc) is 3.63. The molecule has 2 fully saturated rings. The van der Waals surface area contributed by atoms with Crippen LogP contribution in [0.3, 0.4) is 0 Å². The van der Waals surface area contributed by atoms with Crippen LogP contribution in [0.25, 0.3) is 21.1 Å². The van der Waals surface area contributed by atoms with Crippen LogP contribution >= 0.6 is 101 Å². The van der Waals surface area contributed by atoms with Crippen molar-refractivity contribution in [2.75, 3.05) is 52.4 Å². The Morgan fingerprint density at radius 1 is 0.514 bits per heavy atom. The number of halogens is 8. The van der Waals surface area contributed by atoms with E-state index in [0.29, 0.717) is 41.4 Å². The highest BCUT2D eigenvalue weighted by molar-refractivity contribution is 9.15. The summed E-state index contributed by atoms with van der Waals surface area (Å²) in [5.74, 6) is -0.0502. The van der Waals surface area contributed by atoms with Gasteiger partial charge in [0.25, 0.3) is 0 Å². The molecule has 2 aliphatic heterocycles. The molecule has 2 atom stereocenters. The standard InChI is InChI=1S/2C19H19BBrCl2N3O.C14H9Cl2NO/c1-20(27)26-6-4-25(5-7-26)19-15-3-2-13(22)10-16(15)17(21)9-12-8-14(23)11-24-18(12)19;1-20(27)26-6-4-25(5-7-26)19-15-3-2-13(22)8-12(15)9-17(21)16-10-14(23)11-24-18(16)19;15-10-3-4-12-8(5-10)1-2-9-6-11(16)7-17-13(9)14(12)18/h2*2-3,8-11,19,27H,4-7H2,1H3;3-7H,1-2H2. The van der Waals surface area contributed by atoms with Gasteiger partial charge in [-0.15, -0.1) is 0 Å². The van der Waals surface area contributed by atoms with Crippen LogP contribution in [0.15, 0.2) is 91.4 Å². The van der Waals surface area contributed by atoms with Gasteiger partial charge in [-0.2, -0.15) is 0 Å². The van der Waals surface area contributed by atoms with E-state index in [0.717, 1.165) is 119 Å². The third kappa shape index (κ3) is 11.9. The fraction of sp³-hybridized carbons (Fsp3) is 0.269. The van der Waals surface area contributed by atoms with Crippen molar-refractivity contribution in [2.45, 2.75) is 38.6 Å². The van der Waals surface area contributed by atoms with Crippen LogP contribution in [-0.4, -0.2) is 117 Å². The fourth-order valence-corrected chi connectivity index (χ4v) is 12.2. The molecule has 2 saturated heterocycles. The zero-order valence-electron chi connectivity index (χ0n) is 39.2. The topological polar surface area (TPSA) is 109 Å². The fourth-order valence-electron chi connectivity index (χ4n) is 10.0. The number of aryl methyl sites for hydroxylation is 2. The molecule has 72 heavy (non-hydrogen) atoms. The summed E-state index contributed by atoms with van der Waals surface area (Å²) < 4.78 is 1.91. The summed E-state index contributed by atoms with van der Waals surface area (Å²) in [4.78, 5) is 35.0. The van der Waals surface area contributed by atoms with Gasteiger partial charge in [0.15, 0.2) is 0 Å². The first-order valence-electron chi connectivity index (χ1n) is 23.5. The quantitative estimate of drug-likeness (QED) is 0.166. The van der Waals surface area contributed by atoms with Gasteiger partial charge in [0.05, 0.1) is 38.5 Å². The predicted molar refractivity (Wildman–Crippen MR) is 304 cm³/mol. The molecule has 10 nitrogen and oxygen atoms in total. The molecule has 6 aromatic rings. The van der Waals surface area contributed by atoms with Gasteiger partial charge >= 0.3 is 14.1 Å². The van der Waals surface area contributed by atoms with Crippen molar-refractivity contribution in [1.82, 2.24) is 34.4 Å².